The predicted molar refractivity (Wildman–Crippen MR) is 63.9 cm³/mol. The van der Waals surface area contributed by atoms with Gasteiger partial charge in [-0.3, -0.25) is 9.59 Å². The van der Waals surface area contributed by atoms with Gasteiger partial charge in [-0.2, -0.15) is 13.2 Å². The Morgan fingerprint density at radius 3 is 2.15 bits per heavy atom. The molecule has 0 atom stereocenters. The smallest absolute Gasteiger partial charge is 0.406 e. The average molecular weight is 293 g/mol. The Kier molecular flexibility index (Phi) is 3.97. The molecule has 0 radical (unpaired) electrons. The standard InChI is InChI=1S/C13H18F3NO3/c14-13(15,16)8-17(9-3-4-9)10(18)7-12(11(19)20)5-1-2-6-12/h9H,1-8H2,(H,19,20). The molecule has 114 valence electrons. The molecule has 2 aliphatic rings. The van der Waals surface area contributed by atoms with E-state index in [0.717, 1.165) is 4.90 Å². The lowest BCUT2D eigenvalue weighted by Gasteiger charge is -2.29. The van der Waals surface area contributed by atoms with Gasteiger partial charge >= 0.3 is 12.1 Å². The third-order valence-corrected chi connectivity index (χ3v) is 4.16. The van der Waals surface area contributed by atoms with Gasteiger partial charge in [-0.05, 0) is 25.7 Å². The first-order valence-corrected chi connectivity index (χ1v) is 6.83. The molecule has 1 N–H and O–H groups in total. The molecule has 1 amide bonds. The third kappa shape index (κ3) is 3.43. The number of halogens is 3. The second-order valence-corrected chi connectivity index (χ2v) is 5.84. The maximum absolute atomic E-state index is 12.5. The van der Waals surface area contributed by atoms with Crippen LogP contribution in [-0.2, 0) is 9.59 Å². The summed E-state index contributed by atoms with van der Waals surface area (Å²) in [5, 5.41) is 9.29. The third-order valence-electron chi connectivity index (χ3n) is 4.16. The van der Waals surface area contributed by atoms with E-state index in [2.05, 4.69) is 0 Å². The molecule has 0 bridgehead atoms. The molecule has 0 aromatic rings. The van der Waals surface area contributed by atoms with Gasteiger partial charge in [0, 0.05) is 12.5 Å². The number of nitrogens with zero attached hydrogens (tertiary/aromatic N) is 1. The summed E-state index contributed by atoms with van der Waals surface area (Å²) in [5.41, 5.74) is -1.16. The summed E-state index contributed by atoms with van der Waals surface area (Å²) in [6.07, 6.45) is -1.44. The number of hydrogen-bond acceptors (Lipinski definition) is 2. The zero-order chi connectivity index (χ0) is 15.0. The fourth-order valence-corrected chi connectivity index (χ4v) is 2.91. The molecule has 0 saturated heterocycles. The Balaban J connectivity index is 2.06. The van der Waals surface area contributed by atoms with Crippen LogP contribution in [0, 0.1) is 5.41 Å². The van der Waals surface area contributed by atoms with Gasteiger partial charge in [-0.1, -0.05) is 12.8 Å². The van der Waals surface area contributed by atoms with Gasteiger partial charge in [0.2, 0.25) is 5.91 Å². The zero-order valence-electron chi connectivity index (χ0n) is 11.1. The van der Waals surface area contributed by atoms with Crippen LogP contribution in [0.3, 0.4) is 0 Å². The van der Waals surface area contributed by atoms with Crippen molar-refractivity contribution in [2.24, 2.45) is 5.41 Å². The molecule has 2 rings (SSSR count). The topological polar surface area (TPSA) is 57.6 Å². The highest BCUT2D eigenvalue weighted by molar-refractivity contribution is 5.85. The summed E-state index contributed by atoms with van der Waals surface area (Å²) in [7, 11) is 0. The van der Waals surface area contributed by atoms with Gasteiger partial charge in [0.05, 0.1) is 5.41 Å². The quantitative estimate of drug-likeness (QED) is 0.847. The van der Waals surface area contributed by atoms with Gasteiger partial charge in [0.25, 0.3) is 0 Å². The first-order chi connectivity index (χ1) is 9.23. The van der Waals surface area contributed by atoms with E-state index in [1.165, 1.54) is 0 Å². The van der Waals surface area contributed by atoms with Gasteiger partial charge in [0.15, 0.2) is 0 Å². The Morgan fingerprint density at radius 1 is 1.20 bits per heavy atom. The molecule has 0 unspecified atom stereocenters. The van der Waals surface area contributed by atoms with Crippen molar-refractivity contribution >= 4 is 11.9 Å². The van der Waals surface area contributed by atoms with Crippen molar-refractivity contribution in [1.82, 2.24) is 4.90 Å². The molecule has 4 nitrogen and oxygen atoms in total. The van der Waals surface area contributed by atoms with Crippen LogP contribution < -0.4 is 0 Å². The number of carboxylic acid groups (broad SMARTS) is 1. The summed E-state index contributed by atoms with van der Waals surface area (Å²) < 4.78 is 37.5. The Morgan fingerprint density at radius 2 is 1.75 bits per heavy atom. The molecule has 0 aromatic heterocycles. The molecule has 0 heterocycles. The summed E-state index contributed by atoms with van der Waals surface area (Å²) in [4.78, 5) is 24.3. The number of hydrogen-bond donors (Lipinski definition) is 1. The van der Waals surface area contributed by atoms with E-state index in [9.17, 15) is 27.9 Å². The summed E-state index contributed by atoms with van der Waals surface area (Å²) in [5.74, 6) is -1.74. The summed E-state index contributed by atoms with van der Waals surface area (Å²) in [6.45, 7) is -1.27. The number of aliphatic carboxylic acids is 1. The lowest BCUT2D eigenvalue weighted by molar-refractivity contribution is -0.166. The van der Waals surface area contributed by atoms with E-state index < -0.39 is 30.0 Å². The van der Waals surface area contributed by atoms with Gasteiger partial charge in [-0.25, -0.2) is 0 Å². The molecule has 7 heteroatoms. The highest BCUT2D eigenvalue weighted by Gasteiger charge is 2.47. The number of carboxylic acids is 1. The number of carbonyl (C=O) groups is 2. The normalized spacial score (nSPS) is 21.8. The van der Waals surface area contributed by atoms with Crippen molar-refractivity contribution in [2.45, 2.75) is 57.2 Å². The van der Waals surface area contributed by atoms with Crippen LogP contribution in [0.4, 0.5) is 13.2 Å². The molecule has 0 spiro atoms. The minimum absolute atomic E-state index is 0.311. The first kappa shape index (κ1) is 15.1. The van der Waals surface area contributed by atoms with Gasteiger partial charge in [-0.15, -0.1) is 0 Å². The monoisotopic (exact) mass is 293 g/mol. The van der Waals surface area contributed by atoms with Gasteiger partial charge < -0.3 is 10.0 Å². The van der Waals surface area contributed by atoms with Crippen LogP contribution in [0.1, 0.15) is 44.9 Å². The maximum Gasteiger partial charge on any atom is 0.406 e. The van der Waals surface area contributed by atoms with Crippen LogP contribution in [0.15, 0.2) is 0 Å². The summed E-state index contributed by atoms with van der Waals surface area (Å²) in [6, 6.07) is -0.364. The average Bonchev–Trinajstić information content (AvgIpc) is 3.05. The van der Waals surface area contributed by atoms with E-state index in [-0.39, 0.29) is 12.5 Å². The highest BCUT2D eigenvalue weighted by atomic mass is 19.4. The minimum atomic E-state index is -4.44. The molecule has 2 fully saturated rings. The highest BCUT2D eigenvalue weighted by Crippen LogP contribution is 2.43. The fourth-order valence-electron chi connectivity index (χ4n) is 2.91. The van der Waals surface area contributed by atoms with E-state index in [0.29, 0.717) is 38.5 Å². The van der Waals surface area contributed by atoms with Crippen LogP contribution in [0.2, 0.25) is 0 Å². The largest absolute Gasteiger partial charge is 0.481 e. The van der Waals surface area contributed by atoms with Crippen LogP contribution in [0.25, 0.3) is 0 Å². The molecule has 2 aliphatic carbocycles. The Bertz CT molecular complexity index is 398. The number of carbonyl (C=O) groups excluding carboxylic acids is 1. The molecule has 0 aromatic carbocycles. The van der Waals surface area contributed by atoms with E-state index in [4.69, 9.17) is 0 Å². The number of amides is 1. The zero-order valence-corrected chi connectivity index (χ0v) is 11.1. The lowest BCUT2D eigenvalue weighted by Crippen LogP contribution is -2.44. The van der Waals surface area contributed by atoms with Crippen molar-refractivity contribution in [3.05, 3.63) is 0 Å². The molecular weight excluding hydrogens is 275 g/mol. The molecule has 2 saturated carbocycles. The van der Waals surface area contributed by atoms with Crippen LogP contribution in [0.5, 0.6) is 0 Å². The van der Waals surface area contributed by atoms with Crippen molar-refractivity contribution in [3.8, 4) is 0 Å². The first-order valence-electron chi connectivity index (χ1n) is 6.83. The summed E-state index contributed by atoms with van der Waals surface area (Å²) >= 11 is 0. The van der Waals surface area contributed by atoms with Crippen molar-refractivity contribution in [2.75, 3.05) is 6.54 Å². The second-order valence-electron chi connectivity index (χ2n) is 5.84. The van der Waals surface area contributed by atoms with E-state index in [1.807, 2.05) is 0 Å². The molecular formula is C13H18F3NO3. The number of alkyl halides is 3. The second kappa shape index (κ2) is 5.26. The predicted octanol–water partition coefficient (Wildman–Crippen LogP) is 2.57. The van der Waals surface area contributed by atoms with E-state index in [1.54, 1.807) is 0 Å². The Hall–Kier alpha value is -1.27. The molecule has 20 heavy (non-hydrogen) atoms. The van der Waals surface area contributed by atoms with E-state index >= 15 is 0 Å². The van der Waals surface area contributed by atoms with Gasteiger partial charge in [0.1, 0.15) is 6.54 Å². The van der Waals surface area contributed by atoms with Crippen LogP contribution in [-0.4, -0.2) is 40.6 Å². The van der Waals surface area contributed by atoms with Crippen molar-refractivity contribution < 1.29 is 27.9 Å². The van der Waals surface area contributed by atoms with Crippen molar-refractivity contribution in [1.29, 1.82) is 0 Å². The molecule has 0 aliphatic heterocycles. The Labute approximate surface area is 114 Å². The lowest BCUT2D eigenvalue weighted by atomic mass is 9.82. The van der Waals surface area contributed by atoms with Crippen LogP contribution >= 0.6 is 0 Å². The minimum Gasteiger partial charge on any atom is -0.481 e. The maximum atomic E-state index is 12.5. The number of rotatable bonds is 5. The fraction of sp³-hybridized carbons (Fsp3) is 0.846. The van der Waals surface area contributed by atoms with Crippen molar-refractivity contribution in [3.63, 3.8) is 0 Å². The SMILES string of the molecule is O=C(CC1(C(=O)O)CCCC1)N(CC(F)(F)F)C1CC1.